The maximum atomic E-state index is 9.05. The molecule has 66 heavy (non-hydrogen) atoms. The number of fused-ring (bicyclic) bond motifs is 6. The van der Waals surface area contributed by atoms with Crippen molar-refractivity contribution in [3.05, 3.63) is 199 Å². The van der Waals surface area contributed by atoms with Crippen molar-refractivity contribution in [3.63, 3.8) is 0 Å². The van der Waals surface area contributed by atoms with Gasteiger partial charge >= 0.3 is 0 Å². The first-order valence-electron chi connectivity index (χ1n) is 26.9. The van der Waals surface area contributed by atoms with Gasteiger partial charge in [0.15, 0.2) is 0 Å². The Kier molecular flexibility index (Phi) is 8.20. The quantitative estimate of drug-likeness (QED) is 0.118. The summed E-state index contributed by atoms with van der Waals surface area (Å²) < 4.78 is 99.7. The minimum Gasteiger partial charge on any atom is -0.510 e. The van der Waals surface area contributed by atoms with Gasteiger partial charge in [-0.05, 0) is 91.2 Å². The summed E-state index contributed by atoms with van der Waals surface area (Å²) in [7, 11) is 0. The predicted octanol–water partition coefficient (Wildman–Crippen LogP) is 14.6. The minimum absolute atomic E-state index is 0. The van der Waals surface area contributed by atoms with E-state index in [0.29, 0.717) is 28.2 Å². The van der Waals surface area contributed by atoms with Crippen molar-refractivity contribution in [2.24, 2.45) is 0 Å². The van der Waals surface area contributed by atoms with Crippen LogP contribution in [0, 0.1) is 18.5 Å². The smallest absolute Gasteiger partial charge is 0.268 e. The van der Waals surface area contributed by atoms with E-state index >= 15 is 0 Å². The van der Waals surface area contributed by atoms with Crippen LogP contribution in [0.25, 0.3) is 72.3 Å². The topological polar surface area (TPSA) is 35.9 Å². The number of benzene rings is 7. The number of hydrogen-bond acceptors (Lipinski definition) is 2. The molecule has 1 aliphatic rings. The molecular weight excluding hydrogens is 988 g/mol. The van der Waals surface area contributed by atoms with Crippen LogP contribution in [-0.2, 0) is 37.3 Å². The van der Waals surface area contributed by atoms with Crippen molar-refractivity contribution in [2.75, 3.05) is 0 Å². The van der Waals surface area contributed by atoms with E-state index in [1.54, 1.807) is 33.4 Å². The fourth-order valence-electron chi connectivity index (χ4n) is 9.55. The second-order valence-electron chi connectivity index (χ2n) is 19.2. The molecule has 0 amide bonds. The first-order chi connectivity index (χ1) is 35.5. The van der Waals surface area contributed by atoms with Gasteiger partial charge < -0.3 is 13.9 Å². The van der Waals surface area contributed by atoms with E-state index in [1.165, 1.54) is 11.1 Å². The monoisotopic (exact) mass is 1050 g/mol. The van der Waals surface area contributed by atoms with E-state index in [1.807, 2.05) is 48.7 Å². The largest absolute Gasteiger partial charge is 0.510 e. The number of para-hydroxylation sites is 3. The summed E-state index contributed by atoms with van der Waals surface area (Å²) in [5.74, 6) is 1.62. The van der Waals surface area contributed by atoms with Gasteiger partial charge in [0, 0.05) is 44.3 Å². The first kappa shape index (κ1) is 33.0. The molecule has 1 aliphatic carbocycles. The van der Waals surface area contributed by atoms with Crippen molar-refractivity contribution >= 4 is 32.8 Å². The van der Waals surface area contributed by atoms with Gasteiger partial charge in [-0.1, -0.05) is 169 Å². The Morgan fingerprint density at radius 2 is 1.35 bits per heavy atom. The molecule has 11 rings (SSSR count). The fraction of sp³-hybridized carbons (Fsp3) is 0.200. The Labute approximate surface area is 416 Å². The van der Waals surface area contributed by atoms with Crippen molar-refractivity contribution in [1.29, 1.82) is 0 Å². The molecule has 0 radical (unpaired) electrons. The maximum Gasteiger partial charge on any atom is 0.268 e. The van der Waals surface area contributed by atoms with Crippen molar-refractivity contribution in [3.8, 4) is 50.9 Å². The SMILES string of the molecule is [2H]c1c([2H])c([2H])c(-c2cccc(-c3c([2H])c([2H])c([2H])c([2H])c3[2H])c2-[n+]2[c-]n(-c3[c-]c(Oc4[c-]c5c(cc4)c4ccc6c(c4n5-c4cc(C(C)(C)C)ccn4)C(C)(C)CCC6(C)C)ccc3)c3ccccc32)c([2H])c1[2H].[Pt]. The van der Waals surface area contributed by atoms with Crippen LogP contribution in [-0.4, -0.2) is 14.1 Å². The third-order valence-corrected chi connectivity index (χ3v) is 13.0. The fourth-order valence-corrected chi connectivity index (χ4v) is 9.55. The van der Waals surface area contributed by atoms with E-state index in [9.17, 15) is 0 Å². The molecule has 0 atom stereocenters. The molecule has 0 N–H and O–H groups in total. The van der Waals surface area contributed by atoms with E-state index in [-0.39, 0.29) is 65.3 Å². The summed E-state index contributed by atoms with van der Waals surface area (Å²) in [6, 6.07) is 32.3. The second-order valence-corrected chi connectivity index (χ2v) is 19.2. The number of rotatable bonds is 7. The Morgan fingerprint density at radius 1 is 0.697 bits per heavy atom. The zero-order valence-electron chi connectivity index (χ0n) is 47.7. The Bertz CT molecular complexity index is 3920. The van der Waals surface area contributed by atoms with Crippen LogP contribution < -0.4 is 9.30 Å². The van der Waals surface area contributed by atoms with Crippen molar-refractivity contribution in [2.45, 2.75) is 77.6 Å². The van der Waals surface area contributed by atoms with Crippen LogP contribution in [0.5, 0.6) is 11.5 Å². The van der Waals surface area contributed by atoms with Crippen LogP contribution >= 0.6 is 0 Å². The maximum absolute atomic E-state index is 9.05. The van der Waals surface area contributed by atoms with Gasteiger partial charge in [0.1, 0.15) is 5.82 Å². The molecular formula is C60H52N4OPt-2. The average molecular weight is 1050 g/mol. The number of pyridine rings is 1. The molecule has 0 fully saturated rings. The molecule has 10 aromatic rings. The summed E-state index contributed by atoms with van der Waals surface area (Å²) in [4.78, 5) is 5.02. The number of imidazole rings is 1. The van der Waals surface area contributed by atoms with Gasteiger partial charge in [0.25, 0.3) is 6.33 Å². The molecule has 6 heteroatoms. The molecule has 0 bridgehead atoms. The molecule has 0 unspecified atom stereocenters. The van der Waals surface area contributed by atoms with Crippen LogP contribution in [0.15, 0.2) is 164 Å². The van der Waals surface area contributed by atoms with Crippen LogP contribution in [0.4, 0.5) is 0 Å². The standard InChI is InChI=1S/C60H52N4O.Pt/c1-58(2,3)42-32-35-61-54(36-42)64-53-38-45(28-29-48(53)49-30-31-50-55(57(49)64)60(6,7)34-33-59(50,4)5)65-44-23-16-22-43(37-44)62-39-63(52-27-15-14-26-51(52)62)56-46(40-18-10-8-11-19-40)24-17-25-47(56)41-20-12-9-13-21-41;/h8-32,35-36H,33-34H2,1-7H3;/q-2;/i8D,9D,10D,11D,12D,13D,18D,19D,20D,21D;. The van der Waals surface area contributed by atoms with Crippen LogP contribution in [0.3, 0.4) is 0 Å². The van der Waals surface area contributed by atoms with Gasteiger partial charge in [-0.3, -0.25) is 4.57 Å². The Morgan fingerprint density at radius 3 is 2.06 bits per heavy atom. The molecule has 330 valence electrons. The van der Waals surface area contributed by atoms with Crippen molar-refractivity contribution < 1.29 is 44.1 Å². The third-order valence-electron chi connectivity index (χ3n) is 13.0. The first-order valence-corrected chi connectivity index (χ1v) is 21.9. The van der Waals surface area contributed by atoms with E-state index < -0.39 is 60.4 Å². The van der Waals surface area contributed by atoms with Gasteiger partial charge in [-0.15, -0.1) is 29.7 Å². The number of nitrogens with zero attached hydrogens (tertiary/aromatic N) is 4. The van der Waals surface area contributed by atoms with Gasteiger partial charge in [0.2, 0.25) is 0 Å². The molecule has 3 aromatic heterocycles. The Balaban J connectivity index is 0.00000657. The van der Waals surface area contributed by atoms with Crippen LogP contribution in [0.2, 0.25) is 0 Å². The van der Waals surface area contributed by atoms with E-state index in [4.69, 9.17) is 23.4 Å². The zero-order chi connectivity index (χ0) is 53.4. The summed E-state index contributed by atoms with van der Waals surface area (Å²) in [5.41, 5.74) is 7.34. The predicted molar refractivity (Wildman–Crippen MR) is 265 cm³/mol. The van der Waals surface area contributed by atoms with Crippen LogP contribution in [0.1, 0.15) is 91.7 Å². The molecule has 3 heterocycles. The van der Waals surface area contributed by atoms with Gasteiger partial charge in [0.05, 0.1) is 30.4 Å². The minimum atomic E-state index is -0.569. The van der Waals surface area contributed by atoms with Gasteiger partial charge in [-0.25, -0.2) is 4.98 Å². The van der Waals surface area contributed by atoms with Crippen molar-refractivity contribution in [1.82, 2.24) is 14.1 Å². The molecule has 0 aliphatic heterocycles. The average Bonchev–Trinajstić information content (AvgIpc) is 3.93. The molecule has 0 saturated heterocycles. The summed E-state index contributed by atoms with van der Waals surface area (Å²) in [6.45, 7) is 16.0. The zero-order valence-corrected chi connectivity index (χ0v) is 40.0. The van der Waals surface area contributed by atoms with Gasteiger partial charge in [-0.2, -0.15) is 18.2 Å². The normalized spacial score (nSPS) is 16.4. The number of ether oxygens (including phenoxy) is 1. The molecule has 0 saturated carbocycles. The van der Waals surface area contributed by atoms with E-state index in [0.717, 1.165) is 46.0 Å². The molecule has 0 spiro atoms. The molecule has 5 nitrogen and oxygen atoms in total. The number of aromatic nitrogens is 4. The molecule has 7 aromatic carbocycles. The summed E-state index contributed by atoms with van der Waals surface area (Å²) >= 11 is 0. The van der Waals surface area contributed by atoms with E-state index in [2.05, 4.69) is 102 Å². The number of hydrogen-bond donors (Lipinski definition) is 0. The summed E-state index contributed by atoms with van der Waals surface area (Å²) in [6.07, 6.45) is 7.42. The Hall–Kier alpha value is -6.55. The summed E-state index contributed by atoms with van der Waals surface area (Å²) in [5, 5.41) is 2.13. The third kappa shape index (κ3) is 7.38. The second kappa shape index (κ2) is 16.4.